The summed E-state index contributed by atoms with van der Waals surface area (Å²) in [5, 5.41) is 0. The number of hydrogen-bond donors (Lipinski definition) is 0. The minimum absolute atomic E-state index is 0.127. The van der Waals surface area contributed by atoms with Crippen LogP contribution in [-0.4, -0.2) is 34.1 Å². The number of amides is 2. The molecule has 1 saturated heterocycles. The van der Waals surface area contributed by atoms with E-state index in [1.54, 1.807) is 9.80 Å². The summed E-state index contributed by atoms with van der Waals surface area (Å²) in [5.74, 6) is -0.285. The molecule has 23 heavy (non-hydrogen) atoms. The van der Waals surface area contributed by atoms with Crippen molar-refractivity contribution in [3.8, 4) is 0 Å². The molecule has 2 heterocycles. The molecule has 0 aliphatic carbocycles. The van der Waals surface area contributed by atoms with Gasteiger partial charge < -0.3 is 4.90 Å². The van der Waals surface area contributed by atoms with Crippen LogP contribution in [0, 0.1) is 0 Å². The number of hydrogen-bond acceptors (Lipinski definition) is 4. The zero-order valence-electron chi connectivity index (χ0n) is 12.8. The van der Waals surface area contributed by atoms with E-state index in [4.69, 9.17) is 12.2 Å². The van der Waals surface area contributed by atoms with Crippen LogP contribution in [0.3, 0.4) is 0 Å². The number of carbonyl (C=O) groups is 2. The predicted octanol–water partition coefficient (Wildman–Crippen LogP) is 3.80. The summed E-state index contributed by atoms with van der Waals surface area (Å²) in [6.45, 7) is 5.07. The van der Waals surface area contributed by atoms with Gasteiger partial charge in [-0.3, -0.25) is 14.5 Å². The topological polar surface area (TPSA) is 40.6 Å². The number of fused-ring (bicyclic) bond motifs is 1. The molecule has 1 aromatic rings. The molecule has 0 radical (unpaired) electrons. The lowest BCUT2D eigenvalue weighted by Crippen LogP contribution is -2.29. The van der Waals surface area contributed by atoms with Crippen LogP contribution < -0.4 is 4.90 Å². The summed E-state index contributed by atoms with van der Waals surface area (Å²) in [7, 11) is 0. The van der Waals surface area contributed by atoms with Crippen molar-refractivity contribution in [2.45, 2.75) is 20.3 Å². The summed E-state index contributed by atoms with van der Waals surface area (Å²) in [4.78, 5) is 29.3. The van der Waals surface area contributed by atoms with Gasteiger partial charge in [-0.1, -0.05) is 46.8 Å². The first-order chi connectivity index (χ1) is 11.0. The number of carbonyl (C=O) groups excluding carboxylic acids is 2. The third-order valence-corrected chi connectivity index (χ3v) is 5.76. The van der Waals surface area contributed by atoms with Gasteiger partial charge in [-0.25, -0.2) is 0 Å². The molecule has 1 fully saturated rings. The van der Waals surface area contributed by atoms with E-state index >= 15 is 0 Å². The van der Waals surface area contributed by atoms with E-state index in [0.29, 0.717) is 27.9 Å². The van der Waals surface area contributed by atoms with E-state index in [0.717, 1.165) is 22.1 Å². The first-order valence-corrected chi connectivity index (χ1v) is 9.41. The van der Waals surface area contributed by atoms with Gasteiger partial charge >= 0.3 is 0 Å². The second kappa shape index (κ2) is 6.37. The lowest BCUT2D eigenvalue weighted by molar-refractivity contribution is -0.122. The molecule has 4 nitrogen and oxygen atoms in total. The van der Waals surface area contributed by atoms with Crippen LogP contribution >= 0.6 is 39.9 Å². The van der Waals surface area contributed by atoms with Crippen LogP contribution in [0.2, 0.25) is 0 Å². The number of rotatable bonds is 3. The standard InChI is InChI=1S/C16H15BrN2O2S2/c1-3-7-19-15(21)13(23-16(19)22)12-10-8-9(17)5-6-11(10)18(4-2)14(12)20/h5-6,8H,3-4,7H2,1-2H3/b13-12-. The minimum atomic E-state index is -0.158. The number of benzene rings is 1. The van der Waals surface area contributed by atoms with Crippen molar-refractivity contribution >= 4 is 67.3 Å². The third kappa shape index (κ3) is 2.64. The molecule has 3 rings (SSSR count). The molecule has 0 atom stereocenters. The average molecular weight is 411 g/mol. The van der Waals surface area contributed by atoms with Gasteiger partial charge in [-0.2, -0.15) is 0 Å². The van der Waals surface area contributed by atoms with E-state index in [2.05, 4.69) is 15.9 Å². The largest absolute Gasteiger partial charge is 0.308 e. The molecule has 7 heteroatoms. The van der Waals surface area contributed by atoms with Crippen molar-refractivity contribution in [3.05, 3.63) is 33.1 Å². The summed E-state index contributed by atoms with van der Waals surface area (Å²) >= 11 is 9.99. The second-order valence-electron chi connectivity index (χ2n) is 5.24. The molecule has 0 unspecified atom stereocenters. The van der Waals surface area contributed by atoms with Crippen molar-refractivity contribution in [3.63, 3.8) is 0 Å². The zero-order chi connectivity index (χ0) is 16.7. The van der Waals surface area contributed by atoms with Crippen molar-refractivity contribution < 1.29 is 9.59 Å². The average Bonchev–Trinajstić information content (AvgIpc) is 2.94. The van der Waals surface area contributed by atoms with E-state index in [1.807, 2.05) is 32.0 Å². The van der Waals surface area contributed by atoms with Crippen LogP contribution in [0.1, 0.15) is 25.8 Å². The summed E-state index contributed by atoms with van der Waals surface area (Å²) in [6.07, 6.45) is 0.826. The van der Waals surface area contributed by atoms with E-state index in [1.165, 1.54) is 11.8 Å². The maximum Gasteiger partial charge on any atom is 0.267 e. The smallest absolute Gasteiger partial charge is 0.267 e. The molecular formula is C16H15BrN2O2S2. The second-order valence-corrected chi connectivity index (χ2v) is 7.80. The normalized spacial score (nSPS) is 20.7. The Labute approximate surface area is 153 Å². The van der Waals surface area contributed by atoms with Gasteiger partial charge in [-0.05, 0) is 31.5 Å². The molecule has 2 aliphatic heterocycles. The van der Waals surface area contributed by atoms with Crippen molar-refractivity contribution in [2.24, 2.45) is 0 Å². The fourth-order valence-corrected chi connectivity index (χ4v) is 4.54. The Kier molecular flexibility index (Phi) is 4.62. The maximum atomic E-state index is 12.8. The summed E-state index contributed by atoms with van der Waals surface area (Å²) in [5.41, 5.74) is 2.11. The molecule has 0 N–H and O–H groups in total. The minimum Gasteiger partial charge on any atom is -0.308 e. The molecule has 1 aromatic carbocycles. The molecule has 0 saturated carbocycles. The summed E-state index contributed by atoms with van der Waals surface area (Å²) < 4.78 is 1.40. The van der Waals surface area contributed by atoms with Crippen LogP contribution in [-0.2, 0) is 9.59 Å². The van der Waals surface area contributed by atoms with E-state index < -0.39 is 0 Å². The van der Waals surface area contributed by atoms with Crippen molar-refractivity contribution in [1.29, 1.82) is 0 Å². The van der Waals surface area contributed by atoms with Gasteiger partial charge in [0.25, 0.3) is 11.8 Å². The Balaban J connectivity index is 2.17. The van der Waals surface area contributed by atoms with Crippen LogP contribution in [0.4, 0.5) is 5.69 Å². The lowest BCUT2D eigenvalue weighted by atomic mass is 10.1. The number of thiocarbonyl (C=S) groups is 1. The van der Waals surface area contributed by atoms with Crippen LogP contribution in [0.5, 0.6) is 0 Å². The molecule has 0 aromatic heterocycles. The molecule has 0 spiro atoms. The van der Waals surface area contributed by atoms with Gasteiger partial charge in [0.1, 0.15) is 4.32 Å². The van der Waals surface area contributed by atoms with Gasteiger partial charge in [0, 0.05) is 23.1 Å². The van der Waals surface area contributed by atoms with Crippen LogP contribution in [0.15, 0.2) is 27.6 Å². The van der Waals surface area contributed by atoms with E-state index in [9.17, 15) is 9.59 Å². The highest BCUT2D eigenvalue weighted by atomic mass is 79.9. The molecule has 2 aliphatic rings. The SMILES string of the molecule is CCCN1C(=O)/C(=C2/C(=O)N(CC)c3ccc(Br)cc32)SC1=S. The Morgan fingerprint density at radius 1 is 1.17 bits per heavy atom. The number of anilines is 1. The first-order valence-electron chi connectivity index (χ1n) is 7.39. The molecule has 120 valence electrons. The highest BCUT2D eigenvalue weighted by Crippen LogP contribution is 2.45. The lowest BCUT2D eigenvalue weighted by Gasteiger charge is -2.13. The van der Waals surface area contributed by atoms with Gasteiger partial charge in [0.2, 0.25) is 0 Å². The van der Waals surface area contributed by atoms with Crippen molar-refractivity contribution in [2.75, 3.05) is 18.0 Å². The van der Waals surface area contributed by atoms with Gasteiger partial charge in [-0.15, -0.1) is 0 Å². The number of nitrogens with zero attached hydrogens (tertiary/aromatic N) is 2. The fraction of sp³-hybridized carbons (Fsp3) is 0.312. The fourth-order valence-electron chi connectivity index (χ4n) is 2.80. The predicted molar refractivity (Wildman–Crippen MR) is 101 cm³/mol. The van der Waals surface area contributed by atoms with Crippen LogP contribution in [0.25, 0.3) is 5.57 Å². The Bertz CT molecular complexity index is 760. The Hall–Kier alpha value is -1.18. The number of thioether (sulfide) groups is 1. The number of likely N-dealkylation sites (N-methyl/N-ethyl adjacent to an activating group) is 1. The Morgan fingerprint density at radius 2 is 1.91 bits per heavy atom. The summed E-state index contributed by atoms with van der Waals surface area (Å²) in [6, 6.07) is 5.70. The number of halogens is 1. The first kappa shape index (κ1) is 16.7. The third-order valence-electron chi connectivity index (χ3n) is 3.82. The van der Waals surface area contributed by atoms with Gasteiger partial charge in [0.15, 0.2) is 0 Å². The molecule has 2 amide bonds. The zero-order valence-corrected chi connectivity index (χ0v) is 16.0. The van der Waals surface area contributed by atoms with Gasteiger partial charge in [0.05, 0.1) is 16.2 Å². The maximum absolute atomic E-state index is 12.8. The highest BCUT2D eigenvalue weighted by Gasteiger charge is 2.41. The van der Waals surface area contributed by atoms with Crippen molar-refractivity contribution in [1.82, 2.24) is 4.90 Å². The quantitative estimate of drug-likeness (QED) is 0.561. The molecule has 0 bridgehead atoms. The van der Waals surface area contributed by atoms with E-state index in [-0.39, 0.29) is 11.8 Å². The molecular weight excluding hydrogens is 396 g/mol. The Morgan fingerprint density at radius 3 is 2.57 bits per heavy atom. The monoisotopic (exact) mass is 410 g/mol. The highest BCUT2D eigenvalue weighted by molar-refractivity contribution is 9.10.